The highest BCUT2D eigenvalue weighted by Crippen LogP contribution is 2.20. The molecule has 1 N–H and O–H groups in total. The molecule has 0 aliphatic carbocycles. The Morgan fingerprint density at radius 3 is 2.88 bits per heavy atom. The highest BCUT2D eigenvalue weighted by atomic mass is 32.1. The van der Waals surface area contributed by atoms with Gasteiger partial charge in [-0.3, -0.25) is 4.90 Å². The van der Waals surface area contributed by atoms with E-state index >= 15 is 0 Å². The van der Waals surface area contributed by atoms with Gasteiger partial charge in [0.05, 0.1) is 0 Å². The van der Waals surface area contributed by atoms with Crippen LogP contribution in [0.2, 0.25) is 0 Å². The van der Waals surface area contributed by atoms with E-state index in [1.165, 1.54) is 32.4 Å². The summed E-state index contributed by atoms with van der Waals surface area (Å²) in [6.45, 7) is 10.1. The highest BCUT2D eigenvalue weighted by Gasteiger charge is 2.29. The van der Waals surface area contributed by atoms with Crippen molar-refractivity contribution in [1.82, 2.24) is 15.1 Å². The number of hydrogen-bond acceptors (Lipinski definition) is 2. The van der Waals surface area contributed by atoms with Crippen molar-refractivity contribution in [2.45, 2.75) is 39.2 Å². The molecule has 0 aromatic heterocycles. The van der Waals surface area contributed by atoms with E-state index in [1.54, 1.807) is 0 Å². The summed E-state index contributed by atoms with van der Waals surface area (Å²) >= 11 is 5.48. The normalized spacial score (nSPS) is 25.8. The van der Waals surface area contributed by atoms with Crippen molar-refractivity contribution < 1.29 is 0 Å². The van der Waals surface area contributed by atoms with Crippen LogP contribution in [0.15, 0.2) is 0 Å². The number of nitrogens with zero attached hydrogens (tertiary/aromatic N) is 2. The molecule has 2 aliphatic rings. The molecular weight excluding hydrogens is 230 g/mol. The lowest BCUT2D eigenvalue weighted by atomic mass is 10.00. The predicted octanol–water partition coefficient (Wildman–Crippen LogP) is 1.69. The lowest BCUT2D eigenvalue weighted by molar-refractivity contribution is 0.0798. The number of rotatable bonds is 2. The van der Waals surface area contributed by atoms with Crippen LogP contribution in [0, 0.1) is 5.92 Å². The lowest BCUT2D eigenvalue weighted by Gasteiger charge is -2.44. The van der Waals surface area contributed by atoms with Crippen LogP contribution in [0.5, 0.6) is 0 Å². The van der Waals surface area contributed by atoms with Gasteiger partial charge in [-0.2, -0.15) is 0 Å². The Morgan fingerprint density at radius 1 is 1.29 bits per heavy atom. The van der Waals surface area contributed by atoms with Crippen molar-refractivity contribution in [2.24, 2.45) is 5.92 Å². The molecule has 98 valence electrons. The monoisotopic (exact) mass is 255 g/mol. The van der Waals surface area contributed by atoms with Gasteiger partial charge >= 0.3 is 0 Å². The zero-order valence-electron chi connectivity index (χ0n) is 11.1. The van der Waals surface area contributed by atoms with Crippen LogP contribution in [-0.2, 0) is 0 Å². The summed E-state index contributed by atoms with van der Waals surface area (Å²) < 4.78 is 0. The molecule has 0 spiro atoms. The Balaban J connectivity index is 1.80. The molecule has 0 bridgehead atoms. The van der Waals surface area contributed by atoms with Gasteiger partial charge in [-0.1, -0.05) is 20.3 Å². The van der Waals surface area contributed by atoms with E-state index in [4.69, 9.17) is 12.2 Å². The molecule has 0 aromatic rings. The summed E-state index contributed by atoms with van der Waals surface area (Å²) in [6, 6.07) is 0.747. The molecule has 3 nitrogen and oxygen atoms in total. The third-order valence-electron chi connectivity index (χ3n) is 3.79. The van der Waals surface area contributed by atoms with Gasteiger partial charge in [0.1, 0.15) is 0 Å². The van der Waals surface area contributed by atoms with Gasteiger partial charge in [-0.15, -0.1) is 0 Å². The second-order valence-corrected chi connectivity index (χ2v) is 6.10. The van der Waals surface area contributed by atoms with E-state index in [0.29, 0.717) is 5.92 Å². The third kappa shape index (κ3) is 3.55. The molecule has 1 atom stereocenters. The number of thiocarbonyl (C=S) groups is 1. The summed E-state index contributed by atoms with van der Waals surface area (Å²) in [5.41, 5.74) is 0. The van der Waals surface area contributed by atoms with Crippen LogP contribution in [0.25, 0.3) is 0 Å². The van der Waals surface area contributed by atoms with Crippen molar-refractivity contribution in [3.8, 4) is 0 Å². The van der Waals surface area contributed by atoms with Crippen LogP contribution in [0.1, 0.15) is 33.1 Å². The number of piperazine rings is 1. The Hall–Kier alpha value is -0.350. The van der Waals surface area contributed by atoms with Gasteiger partial charge in [0.15, 0.2) is 5.11 Å². The van der Waals surface area contributed by atoms with E-state index in [-0.39, 0.29) is 0 Å². The molecular formula is C13H25N3S. The fourth-order valence-electron chi connectivity index (χ4n) is 2.74. The Bertz CT molecular complexity index is 267. The first-order valence-electron chi connectivity index (χ1n) is 6.93. The maximum Gasteiger partial charge on any atom is 0.169 e. The smallest absolute Gasteiger partial charge is 0.169 e. The van der Waals surface area contributed by atoms with Crippen LogP contribution in [0.4, 0.5) is 0 Å². The second kappa shape index (κ2) is 6.01. The summed E-state index contributed by atoms with van der Waals surface area (Å²) in [6.07, 6.45) is 4.12. The summed E-state index contributed by atoms with van der Waals surface area (Å²) in [4.78, 5) is 5.01. The predicted molar refractivity (Wildman–Crippen MR) is 76.2 cm³/mol. The van der Waals surface area contributed by atoms with E-state index < -0.39 is 0 Å². The summed E-state index contributed by atoms with van der Waals surface area (Å²) in [7, 11) is 0. The molecule has 0 aromatic carbocycles. The zero-order chi connectivity index (χ0) is 12.3. The van der Waals surface area contributed by atoms with E-state index in [2.05, 4.69) is 29.0 Å². The quantitative estimate of drug-likeness (QED) is 0.757. The minimum absolute atomic E-state index is 0.656. The van der Waals surface area contributed by atoms with E-state index in [1.807, 2.05) is 0 Å². The fourth-order valence-corrected chi connectivity index (χ4v) is 2.99. The fraction of sp³-hybridized carbons (Fsp3) is 0.923. The van der Waals surface area contributed by atoms with Crippen LogP contribution in [0.3, 0.4) is 0 Å². The lowest BCUT2D eigenvalue weighted by Crippen LogP contribution is -2.58. The van der Waals surface area contributed by atoms with E-state index in [0.717, 1.165) is 30.8 Å². The molecule has 2 heterocycles. The summed E-state index contributed by atoms with van der Waals surface area (Å²) in [5.74, 6) is 0.656. The molecule has 4 heteroatoms. The first kappa shape index (κ1) is 13.1. The largest absolute Gasteiger partial charge is 0.362 e. The second-order valence-electron chi connectivity index (χ2n) is 5.71. The van der Waals surface area contributed by atoms with Crippen molar-refractivity contribution in [3.63, 3.8) is 0 Å². The first-order valence-corrected chi connectivity index (χ1v) is 7.34. The first-order chi connectivity index (χ1) is 8.16. The molecule has 2 aliphatic heterocycles. The Morgan fingerprint density at radius 2 is 2.12 bits per heavy atom. The Labute approximate surface area is 111 Å². The average molecular weight is 255 g/mol. The number of fused-ring (bicyclic) bond motifs is 1. The van der Waals surface area contributed by atoms with Gasteiger partial charge in [0, 0.05) is 32.2 Å². The number of nitrogens with one attached hydrogen (secondary N) is 1. The highest BCUT2D eigenvalue weighted by molar-refractivity contribution is 7.80. The van der Waals surface area contributed by atoms with E-state index in [9.17, 15) is 0 Å². The molecule has 0 amide bonds. The van der Waals surface area contributed by atoms with Gasteiger partial charge < -0.3 is 10.2 Å². The average Bonchev–Trinajstić information content (AvgIpc) is 2.35. The zero-order valence-corrected chi connectivity index (χ0v) is 11.9. The molecule has 1 unspecified atom stereocenters. The summed E-state index contributed by atoms with van der Waals surface area (Å²) in [5, 5.41) is 4.35. The SMILES string of the molecule is CC(C)CNC(=S)N1CCN2CCCCC2C1. The van der Waals surface area contributed by atoms with Crippen molar-refractivity contribution in [3.05, 3.63) is 0 Å². The molecule has 17 heavy (non-hydrogen) atoms. The van der Waals surface area contributed by atoms with Crippen LogP contribution in [-0.4, -0.2) is 53.7 Å². The van der Waals surface area contributed by atoms with Gasteiger partial charge in [-0.25, -0.2) is 0 Å². The standard InChI is InChI=1S/C13H25N3S/c1-11(2)9-14-13(17)16-8-7-15-6-4-3-5-12(15)10-16/h11-12H,3-10H2,1-2H3,(H,14,17). The molecule has 2 fully saturated rings. The molecule has 0 radical (unpaired) electrons. The molecule has 2 saturated heterocycles. The maximum absolute atomic E-state index is 5.48. The number of hydrogen-bond donors (Lipinski definition) is 1. The van der Waals surface area contributed by atoms with Crippen molar-refractivity contribution in [2.75, 3.05) is 32.7 Å². The van der Waals surface area contributed by atoms with Gasteiger partial charge in [0.25, 0.3) is 0 Å². The van der Waals surface area contributed by atoms with Crippen LogP contribution >= 0.6 is 12.2 Å². The minimum Gasteiger partial charge on any atom is -0.362 e. The minimum atomic E-state index is 0.656. The topological polar surface area (TPSA) is 18.5 Å². The maximum atomic E-state index is 5.48. The van der Waals surface area contributed by atoms with Crippen LogP contribution < -0.4 is 5.32 Å². The number of piperidine rings is 1. The third-order valence-corrected chi connectivity index (χ3v) is 4.19. The Kier molecular flexibility index (Phi) is 4.62. The van der Waals surface area contributed by atoms with Gasteiger partial charge in [0.2, 0.25) is 0 Å². The van der Waals surface area contributed by atoms with Gasteiger partial charge in [-0.05, 0) is 37.5 Å². The van der Waals surface area contributed by atoms with Crippen molar-refractivity contribution >= 4 is 17.3 Å². The van der Waals surface area contributed by atoms with Crippen molar-refractivity contribution in [1.29, 1.82) is 0 Å². The molecule has 0 saturated carbocycles. The molecule has 2 rings (SSSR count).